The topological polar surface area (TPSA) is 18.5 Å². The third-order valence-electron chi connectivity index (χ3n) is 6.22. The van der Waals surface area contributed by atoms with Crippen LogP contribution in [0.3, 0.4) is 0 Å². The number of para-hydroxylation sites is 1. The maximum Gasteiger partial charge on any atom is 0.260 e. The molecule has 0 bridgehead atoms. The van der Waals surface area contributed by atoms with Gasteiger partial charge in [0, 0.05) is 5.46 Å². The second-order valence-corrected chi connectivity index (χ2v) is 8.37. The molecule has 0 aromatic heterocycles. The van der Waals surface area contributed by atoms with Gasteiger partial charge in [-0.3, -0.25) is 0 Å². The van der Waals surface area contributed by atoms with Gasteiger partial charge in [0.15, 0.2) is 0 Å². The number of benzene rings is 4. The number of hydrogen-bond donors (Lipinski definition) is 0. The summed E-state index contributed by atoms with van der Waals surface area (Å²) in [6.07, 6.45) is 0. The van der Waals surface area contributed by atoms with Crippen LogP contribution < -0.4 is 25.9 Å². The monoisotopic (exact) mass is 388 g/mol. The molecule has 2 aliphatic rings. The van der Waals surface area contributed by atoms with Gasteiger partial charge in [-0.15, -0.1) is 0 Å². The number of ether oxygens (including phenoxy) is 2. The molecule has 0 radical (unpaired) electrons. The van der Waals surface area contributed by atoms with Crippen LogP contribution in [-0.2, 0) is 0 Å². The minimum absolute atomic E-state index is 0.111. The predicted octanol–water partition coefficient (Wildman–Crippen LogP) is 5.20. The van der Waals surface area contributed by atoms with Crippen LogP contribution in [0.4, 0.5) is 0 Å². The fourth-order valence-electron chi connectivity index (χ4n) is 4.62. The van der Waals surface area contributed by atoms with Crippen LogP contribution in [0.2, 0.25) is 0 Å². The Balaban J connectivity index is 1.52. The SMILES string of the molecule is CC(C)c1ccc(-c2ccc3c(c2)B2c4ccccc4Oc4cccc(c42)O3)cc1. The van der Waals surface area contributed by atoms with Crippen LogP contribution >= 0.6 is 0 Å². The number of fused-ring (bicyclic) bond motifs is 4. The standard InChI is InChI=1S/C27H21BO2/c1-17(2)18-10-12-19(13-11-18)20-14-15-24-22(16-20)28-21-6-3-4-7-23(21)29-25-8-5-9-26(30-24)27(25)28/h3-17H,1-2H3. The molecule has 3 heteroatoms. The van der Waals surface area contributed by atoms with Gasteiger partial charge in [0.25, 0.3) is 6.71 Å². The Hall–Kier alpha value is -3.46. The lowest BCUT2D eigenvalue weighted by atomic mass is 9.35. The van der Waals surface area contributed by atoms with E-state index < -0.39 is 0 Å². The van der Waals surface area contributed by atoms with E-state index in [0.29, 0.717) is 5.92 Å². The van der Waals surface area contributed by atoms with E-state index in [1.165, 1.54) is 27.6 Å². The Morgan fingerprint density at radius 1 is 0.600 bits per heavy atom. The van der Waals surface area contributed by atoms with E-state index in [1.54, 1.807) is 0 Å². The van der Waals surface area contributed by atoms with Crippen molar-refractivity contribution in [3.8, 4) is 34.1 Å². The molecule has 4 aromatic carbocycles. The summed E-state index contributed by atoms with van der Waals surface area (Å²) >= 11 is 0. The fraction of sp³-hybridized carbons (Fsp3) is 0.111. The Bertz CT molecular complexity index is 1260. The quantitative estimate of drug-likeness (QED) is 0.380. The van der Waals surface area contributed by atoms with Gasteiger partial charge in [0.1, 0.15) is 23.0 Å². The lowest BCUT2D eigenvalue weighted by molar-refractivity contribution is 0.464. The zero-order valence-corrected chi connectivity index (χ0v) is 17.1. The van der Waals surface area contributed by atoms with Gasteiger partial charge in [-0.25, -0.2) is 0 Å². The van der Waals surface area contributed by atoms with E-state index in [1.807, 2.05) is 24.3 Å². The lowest BCUT2D eigenvalue weighted by Gasteiger charge is -2.33. The molecule has 0 saturated heterocycles. The van der Waals surface area contributed by atoms with Crippen molar-refractivity contribution in [3.05, 3.63) is 90.5 Å². The zero-order valence-electron chi connectivity index (χ0n) is 17.1. The molecule has 2 nitrogen and oxygen atoms in total. The van der Waals surface area contributed by atoms with Crippen LogP contribution in [0.5, 0.6) is 23.0 Å². The highest BCUT2D eigenvalue weighted by Gasteiger charge is 2.39. The third-order valence-corrected chi connectivity index (χ3v) is 6.22. The van der Waals surface area contributed by atoms with Gasteiger partial charge in [-0.05, 0) is 57.8 Å². The molecule has 0 aliphatic carbocycles. The second-order valence-electron chi connectivity index (χ2n) is 8.37. The smallest absolute Gasteiger partial charge is 0.260 e. The highest BCUT2D eigenvalue weighted by molar-refractivity contribution is 6.98. The lowest BCUT2D eigenvalue weighted by Crippen LogP contribution is -2.57. The van der Waals surface area contributed by atoms with E-state index in [0.717, 1.165) is 28.5 Å². The molecule has 0 amide bonds. The molecule has 0 spiro atoms. The van der Waals surface area contributed by atoms with Gasteiger partial charge in [0.2, 0.25) is 0 Å². The molecule has 2 heterocycles. The summed E-state index contributed by atoms with van der Waals surface area (Å²) in [6.45, 7) is 4.56. The molecule has 30 heavy (non-hydrogen) atoms. The van der Waals surface area contributed by atoms with E-state index in [4.69, 9.17) is 9.47 Å². The molecule has 4 aromatic rings. The minimum Gasteiger partial charge on any atom is -0.458 e. The van der Waals surface area contributed by atoms with Crippen LogP contribution in [0.25, 0.3) is 11.1 Å². The first kappa shape index (κ1) is 17.4. The van der Waals surface area contributed by atoms with E-state index in [9.17, 15) is 0 Å². The summed E-state index contributed by atoms with van der Waals surface area (Å²) < 4.78 is 12.5. The maximum atomic E-state index is 6.30. The summed E-state index contributed by atoms with van der Waals surface area (Å²) in [5, 5.41) is 0. The zero-order chi connectivity index (χ0) is 20.2. The first-order chi connectivity index (χ1) is 14.7. The number of rotatable bonds is 2. The van der Waals surface area contributed by atoms with Gasteiger partial charge in [-0.2, -0.15) is 0 Å². The molecule has 0 N–H and O–H groups in total. The first-order valence-electron chi connectivity index (χ1n) is 10.5. The first-order valence-corrected chi connectivity index (χ1v) is 10.5. The van der Waals surface area contributed by atoms with Crippen LogP contribution in [0.1, 0.15) is 25.3 Å². The van der Waals surface area contributed by atoms with Crippen molar-refractivity contribution in [1.82, 2.24) is 0 Å². The molecule has 0 saturated carbocycles. The predicted molar refractivity (Wildman–Crippen MR) is 124 cm³/mol. The highest BCUT2D eigenvalue weighted by Crippen LogP contribution is 2.35. The average molecular weight is 388 g/mol. The van der Waals surface area contributed by atoms with Gasteiger partial charge in [0.05, 0.1) is 0 Å². The molecule has 0 fully saturated rings. The third kappa shape index (κ3) is 2.59. The maximum absolute atomic E-state index is 6.30. The minimum atomic E-state index is 0.111. The van der Waals surface area contributed by atoms with Crippen LogP contribution in [-0.4, -0.2) is 6.71 Å². The largest absolute Gasteiger partial charge is 0.458 e. The van der Waals surface area contributed by atoms with Crippen molar-refractivity contribution >= 4 is 23.1 Å². The van der Waals surface area contributed by atoms with Crippen molar-refractivity contribution in [2.24, 2.45) is 0 Å². The Morgan fingerprint density at radius 2 is 1.23 bits per heavy atom. The Morgan fingerprint density at radius 3 is 1.97 bits per heavy atom. The normalized spacial score (nSPS) is 13.1. The summed E-state index contributed by atoms with van der Waals surface area (Å²) in [7, 11) is 0. The van der Waals surface area contributed by atoms with Crippen molar-refractivity contribution in [3.63, 3.8) is 0 Å². The summed E-state index contributed by atoms with van der Waals surface area (Å²) in [5.74, 6) is 4.14. The van der Waals surface area contributed by atoms with E-state index in [2.05, 4.69) is 74.5 Å². The number of hydrogen-bond acceptors (Lipinski definition) is 2. The van der Waals surface area contributed by atoms with E-state index in [-0.39, 0.29) is 6.71 Å². The average Bonchev–Trinajstić information content (AvgIpc) is 2.78. The second kappa shape index (κ2) is 6.53. The molecular formula is C27H21BO2. The Kier molecular flexibility index (Phi) is 3.79. The molecule has 0 atom stereocenters. The molecular weight excluding hydrogens is 367 g/mol. The van der Waals surface area contributed by atoms with Gasteiger partial charge < -0.3 is 9.47 Å². The van der Waals surface area contributed by atoms with E-state index >= 15 is 0 Å². The highest BCUT2D eigenvalue weighted by atomic mass is 16.5. The van der Waals surface area contributed by atoms with Crippen molar-refractivity contribution in [2.75, 3.05) is 0 Å². The van der Waals surface area contributed by atoms with Gasteiger partial charge >= 0.3 is 0 Å². The summed E-state index contributed by atoms with van der Waals surface area (Å²) in [4.78, 5) is 0. The molecule has 2 aliphatic heterocycles. The summed E-state index contributed by atoms with van der Waals surface area (Å²) in [5.41, 5.74) is 7.29. The summed E-state index contributed by atoms with van der Waals surface area (Å²) in [6, 6.07) is 29.8. The van der Waals surface area contributed by atoms with Crippen molar-refractivity contribution in [2.45, 2.75) is 19.8 Å². The Labute approximate surface area is 177 Å². The molecule has 6 rings (SSSR count). The van der Waals surface area contributed by atoms with Crippen LogP contribution in [0.15, 0.2) is 84.9 Å². The van der Waals surface area contributed by atoms with Crippen molar-refractivity contribution < 1.29 is 9.47 Å². The fourth-order valence-corrected chi connectivity index (χ4v) is 4.62. The van der Waals surface area contributed by atoms with Crippen molar-refractivity contribution in [1.29, 1.82) is 0 Å². The molecule has 0 unspecified atom stereocenters. The molecule has 144 valence electrons. The van der Waals surface area contributed by atoms with Crippen LogP contribution in [0, 0.1) is 0 Å². The van der Waals surface area contributed by atoms with Gasteiger partial charge in [-0.1, -0.05) is 74.5 Å².